The first-order valence-electron chi connectivity index (χ1n) is 6.14. The Morgan fingerprint density at radius 2 is 2.16 bits per heavy atom. The highest BCUT2D eigenvalue weighted by Crippen LogP contribution is 2.25. The molecule has 0 atom stereocenters. The van der Waals surface area contributed by atoms with E-state index in [1.54, 1.807) is 18.2 Å². The summed E-state index contributed by atoms with van der Waals surface area (Å²) >= 11 is 0. The number of benzene rings is 1. The van der Waals surface area contributed by atoms with Crippen LogP contribution in [0.3, 0.4) is 0 Å². The van der Waals surface area contributed by atoms with Gasteiger partial charge in [0.1, 0.15) is 17.0 Å². The van der Waals surface area contributed by atoms with Gasteiger partial charge in [-0.1, -0.05) is 19.4 Å². The number of carbonyl (C=O) groups is 1. The smallest absolute Gasteiger partial charge is 0.339 e. The summed E-state index contributed by atoms with van der Waals surface area (Å²) in [5, 5.41) is 23.2. The maximum atomic E-state index is 11.2. The molecule has 5 heteroatoms. The van der Waals surface area contributed by atoms with Crippen molar-refractivity contribution in [2.24, 2.45) is 0 Å². The number of aryl methyl sites for hydroxylation is 1. The number of rotatable bonds is 4. The third kappa shape index (κ3) is 2.45. The third-order valence-corrected chi connectivity index (χ3v) is 2.95. The highest BCUT2D eigenvalue weighted by Gasteiger charge is 2.18. The standard InChI is InChI=1S/C14H16N2O3/c1-3-4-11-10(14(18)19)8-15-16(11)12-7-9(2)5-6-13(12)17/h5-8,17H,3-4H2,1-2H3,(H,18,19). The minimum atomic E-state index is -0.998. The third-order valence-electron chi connectivity index (χ3n) is 2.95. The van der Waals surface area contributed by atoms with Crippen molar-refractivity contribution >= 4 is 5.97 Å². The van der Waals surface area contributed by atoms with Crippen molar-refractivity contribution in [1.29, 1.82) is 0 Å². The summed E-state index contributed by atoms with van der Waals surface area (Å²) in [5.41, 5.74) is 2.28. The second-order valence-corrected chi connectivity index (χ2v) is 4.46. The maximum Gasteiger partial charge on any atom is 0.339 e. The van der Waals surface area contributed by atoms with Gasteiger partial charge in [0.05, 0.1) is 11.9 Å². The molecule has 1 aromatic heterocycles. The monoisotopic (exact) mass is 260 g/mol. The van der Waals surface area contributed by atoms with E-state index in [0.717, 1.165) is 12.0 Å². The van der Waals surface area contributed by atoms with E-state index in [4.69, 9.17) is 5.11 Å². The Labute approximate surface area is 111 Å². The molecule has 5 nitrogen and oxygen atoms in total. The van der Waals surface area contributed by atoms with Gasteiger partial charge in [0, 0.05) is 0 Å². The van der Waals surface area contributed by atoms with Crippen molar-refractivity contribution in [1.82, 2.24) is 9.78 Å². The fraction of sp³-hybridized carbons (Fsp3) is 0.286. The van der Waals surface area contributed by atoms with E-state index >= 15 is 0 Å². The summed E-state index contributed by atoms with van der Waals surface area (Å²) in [5.74, 6) is -0.912. The number of carboxylic acids is 1. The molecule has 1 heterocycles. The minimum Gasteiger partial charge on any atom is -0.506 e. The van der Waals surface area contributed by atoms with Crippen LogP contribution in [0.4, 0.5) is 0 Å². The maximum absolute atomic E-state index is 11.2. The van der Waals surface area contributed by atoms with Gasteiger partial charge in [-0.15, -0.1) is 0 Å². The van der Waals surface area contributed by atoms with E-state index in [1.807, 2.05) is 13.8 Å². The molecule has 0 aliphatic rings. The van der Waals surface area contributed by atoms with Crippen LogP contribution in [0.15, 0.2) is 24.4 Å². The fourth-order valence-corrected chi connectivity index (χ4v) is 2.04. The molecular weight excluding hydrogens is 244 g/mol. The molecular formula is C14H16N2O3. The van der Waals surface area contributed by atoms with Gasteiger partial charge in [0.2, 0.25) is 0 Å². The number of hydrogen-bond acceptors (Lipinski definition) is 3. The molecule has 0 aliphatic carbocycles. The molecule has 2 aromatic rings. The summed E-state index contributed by atoms with van der Waals surface area (Å²) in [6.07, 6.45) is 2.72. The second kappa shape index (κ2) is 5.14. The van der Waals surface area contributed by atoms with Crippen molar-refractivity contribution < 1.29 is 15.0 Å². The van der Waals surface area contributed by atoms with Crippen LogP contribution in [-0.2, 0) is 6.42 Å². The van der Waals surface area contributed by atoms with Crippen molar-refractivity contribution in [2.45, 2.75) is 26.7 Å². The van der Waals surface area contributed by atoms with Crippen molar-refractivity contribution in [2.75, 3.05) is 0 Å². The van der Waals surface area contributed by atoms with Crippen LogP contribution in [0, 0.1) is 6.92 Å². The van der Waals surface area contributed by atoms with Gasteiger partial charge in [0.25, 0.3) is 0 Å². The molecule has 0 saturated heterocycles. The van der Waals surface area contributed by atoms with Crippen LogP contribution in [0.2, 0.25) is 0 Å². The molecule has 0 amide bonds. The van der Waals surface area contributed by atoms with Gasteiger partial charge in [-0.3, -0.25) is 0 Å². The van der Waals surface area contributed by atoms with Crippen LogP contribution in [0.25, 0.3) is 5.69 Å². The van der Waals surface area contributed by atoms with E-state index in [2.05, 4.69) is 5.10 Å². The number of aromatic hydroxyl groups is 1. The molecule has 0 spiro atoms. The van der Waals surface area contributed by atoms with Gasteiger partial charge in [-0.25, -0.2) is 9.48 Å². The zero-order valence-electron chi connectivity index (χ0n) is 10.9. The Kier molecular flexibility index (Phi) is 3.55. The van der Waals surface area contributed by atoms with Crippen LogP contribution in [-0.4, -0.2) is 26.0 Å². The summed E-state index contributed by atoms with van der Waals surface area (Å²) in [6, 6.07) is 5.16. The van der Waals surface area contributed by atoms with Gasteiger partial charge in [-0.05, 0) is 31.0 Å². The highest BCUT2D eigenvalue weighted by molar-refractivity contribution is 5.88. The predicted molar refractivity (Wildman–Crippen MR) is 70.9 cm³/mol. The molecule has 0 unspecified atom stereocenters. The van der Waals surface area contributed by atoms with Crippen molar-refractivity contribution in [3.8, 4) is 11.4 Å². The number of hydrogen-bond donors (Lipinski definition) is 2. The molecule has 0 bridgehead atoms. The molecule has 19 heavy (non-hydrogen) atoms. The lowest BCUT2D eigenvalue weighted by Crippen LogP contribution is -2.07. The average Bonchev–Trinajstić information content (AvgIpc) is 2.76. The van der Waals surface area contributed by atoms with Gasteiger partial charge in [0.15, 0.2) is 0 Å². The summed E-state index contributed by atoms with van der Waals surface area (Å²) in [4.78, 5) is 11.2. The number of carboxylic acid groups (broad SMARTS) is 1. The first kappa shape index (κ1) is 13.1. The predicted octanol–water partition coefficient (Wildman–Crippen LogP) is 2.54. The molecule has 100 valence electrons. The van der Waals surface area contributed by atoms with Gasteiger partial charge >= 0.3 is 5.97 Å². The molecule has 0 radical (unpaired) electrons. The van der Waals surface area contributed by atoms with E-state index in [-0.39, 0.29) is 11.3 Å². The zero-order chi connectivity index (χ0) is 14.0. The second-order valence-electron chi connectivity index (χ2n) is 4.46. The highest BCUT2D eigenvalue weighted by atomic mass is 16.4. The van der Waals surface area contributed by atoms with E-state index in [0.29, 0.717) is 17.8 Å². The van der Waals surface area contributed by atoms with E-state index in [1.165, 1.54) is 10.9 Å². The van der Waals surface area contributed by atoms with Gasteiger partial charge < -0.3 is 10.2 Å². The first-order valence-corrected chi connectivity index (χ1v) is 6.14. The number of aromatic carboxylic acids is 1. The zero-order valence-corrected chi connectivity index (χ0v) is 10.9. The quantitative estimate of drug-likeness (QED) is 0.885. The van der Waals surface area contributed by atoms with Gasteiger partial charge in [-0.2, -0.15) is 5.10 Å². The largest absolute Gasteiger partial charge is 0.506 e. The topological polar surface area (TPSA) is 75.3 Å². The van der Waals surface area contributed by atoms with Crippen molar-refractivity contribution in [3.63, 3.8) is 0 Å². The average molecular weight is 260 g/mol. The Hall–Kier alpha value is -2.30. The number of phenols is 1. The lowest BCUT2D eigenvalue weighted by atomic mass is 10.1. The minimum absolute atomic E-state index is 0.0861. The van der Waals surface area contributed by atoms with E-state index in [9.17, 15) is 9.90 Å². The molecule has 2 N–H and O–H groups in total. The molecule has 1 aromatic carbocycles. The normalized spacial score (nSPS) is 10.6. The number of nitrogens with zero attached hydrogens (tertiary/aromatic N) is 2. The first-order chi connectivity index (χ1) is 9.04. The van der Waals surface area contributed by atoms with E-state index < -0.39 is 5.97 Å². The molecule has 0 aliphatic heterocycles. The van der Waals surface area contributed by atoms with Crippen LogP contribution >= 0.6 is 0 Å². The van der Waals surface area contributed by atoms with Crippen LogP contribution < -0.4 is 0 Å². The lowest BCUT2D eigenvalue weighted by Gasteiger charge is -2.10. The molecule has 0 fully saturated rings. The lowest BCUT2D eigenvalue weighted by molar-refractivity contribution is 0.0695. The summed E-state index contributed by atoms with van der Waals surface area (Å²) in [6.45, 7) is 3.88. The Bertz CT molecular complexity index is 617. The van der Waals surface area contributed by atoms with Crippen LogP contribution in [0.5, 0.6) is 5.75 Å². The van der Waals surface area contributed by atoms with Crippen LogP contribution in [0.1, 0.15) is 35.0 Å². The fourth-order valence-electron chi connectivity index (χ4n) is 2.04. The Balaban J connectivity index is 2.61. The SMILES string of the molecule is CCCc1c(C(=O)O)cnn1-c1cc(C)ccc1O. The Morgan fingerprint density at radius 3 is 2.79 bits per heavy atom. The van der Waals surface area contributed by atoms with Crippen molar-refractivity contribution in [3.05, 3.63) is 41.2 Å². The number of aromatic nitrogens is 2. The molecule has 0 saturated carbocycles. The summed E-state index contributed by atoms with van der Waals surface area (Å²) in [7, 11) is 0. The summed E-state index contributed by atoms with van der Waals surface area (Å²) < 4.78 is 1.51. The Morgan fingerprint density at radius 1 is 1.42 bits per heavy atom. The molecule has 2 rings (SSSR count). The number of phenolic OH excluding ortho intramolecular Hbond substituents is 1.